The lowest BCUT2D eigenvalue weighted by molar-refractivity contribution is -0.432. The second kappa shape index (κ2) is 5.23. The molecule has 1 rings (SSSR count). The van der Waals surface area contributed by atoms with E-state index >= 15 is 0 Å². The van der Waals surface area contributed by atoms with Gasteiger partial charge in [0.25, 0.3) is 5.69 Å². The van der Waals surface area contributed by atoms with Crippen LogP contribution in [0.25, 0.3) is 4.98 Å². The molecular formula is C6H4N3O5S+. The average Bonchev–Trinajstić information content (AvgIpc) is 2.25. The monoisotopic (exact) mass is 230 g/mol. The number of non-ortho nitro benzene ring substituents is 1. The molecular weight excluding hydrogens is 226 g/mol. The zero-order valence-electron chi connectivity index (χ0n) is 7.06. The minimum atomic E-state index is -0.620. The van der Waals surface area contributed by atoms with Crippen molar-refractivity contribution in [1.29, 1.82) is 5.39 Å². The maximum atomic E-state index is 10.4. The van der Waals surface area contributed by atoms with Gasteiger partial charge in [-0.3, -0.25) is 10.1 Å². The van der Waals surface area contributed by atoms with Crippen molar-refractivity contribution in [3.05, 3.63) is 33.3 Å². The first kappa shape index (κ1) is 11.3. The molecule has 0 aromatic heterocycles. The number of rotatable bonds is 4. The topological polar surface area (TPSA) is 110 Å². The van der Waals surface area contributed by atoms with Crippen LogP contribution in [-0.2, 0) is 9.37 Å². The fourth-order valence-electron chi connectivity index (χ4n) is 0.818. The van der Waals surface area contributed by atoms with Crippen LogP contribution < -0.4 is 0 Å². The van der Waals surface area contributed by atoms with E-state index < -0.39 is 4.92 Å². The maximum Gasteiger partial charge on any atom is 0.401 e. The molecule has 1 aromatic carbocycles. The Morgan fingerprint density at radius 1 is 1.60 bits per heavy atom. The summed E-state index contributed by atoms with van der Waals surface area (Å²) >= 11 is 0.473. The third-order valence-electron chi connectivity index (χ3n) is 1.42. The molecule has 0 spiro atoms. The van der Waals surface area contributed by atoms with E-state index in [9.17, 15) is 10.1 Å². The van der Waals surface area contributed by atoms with Crippen LogP contribution >= 0.6 is 12.0 Å². The molecule has 0 unspecified atom stereocenters. The first-order chi connectivity index (χ1) is 7.19. The third-order valence-corrected chi connectivity index (χ3v) is 2.05. The Morgan fingerprint density at radius 3 is 2.87 bits per heavy atom. The van der Waals surface area contributed by atoms with Gasteiger partial charge in [0.05, 0.1) is 17.0 Å². The molecule has 0 aliphatic heterocycles. The van der Waals surface area contributed by atoms with Crippen molar-refractivity contribution in [2.75, 3.05) is 0 Å². The van der Waals surface area contributed by atoms with Crippen molar-refractivity contribution >= 4 is 23.4 Å². The predicted octanol–water partition coefficient (Wildman–Crippen LogP) is 2.51. The van der Waals surface area contributed by atoms with Gasteiger partial charge in [-0.2, -0.15) is 0 Å². The summed E-state index contributed by atoms with van der Waals surface area (Å²) in [6, 6.07) is 3.50. The highest BCUT2D eigenvalue weighted by Crippen LogP contribution is 2.33. The van der Waals surface area contributed by atoms with E-state index in [0.29, 0.717) is 12.0 Å². The summed E-state index contributed by atoms with van der Waals surface area (Å²) in [5.41, 5.74) is -0.144. The highest BCUT2D eigenvalue weighted by Gasteiger charge is 2.20. The quantitative estimate of drug-likeness (QED) is 0.278. The molecule has 0 saturated carbocycles. The number of benzene rings is 1. The second-order valence-corrected chi connectivity index (χ2v) is 2.98. The van der Waals surface area contributed by atoms with Gasteiger partial charge < -0.3 is 0 Å². The molecule has 15 heavy (non-hydrogen) atoms. The Bertz CT molecular complexity index is 418. The first-order valence-corrected chi connectivity index (χ1v) is 4.21. The summed E-state index contributed by atoms with van der Waals surface area (Å²) in [4.78, 5) is 12.8. The van der Waals surface area contributed by atoms with Crippen LogP contribution in [0.4, 0.5) is 11.4 Å². The summed E-state index contributed by atoms with van der Waals surface area (Å²) < 4.78 is 4.08. The van der Waals surface area contributed by atoms with Crippen LogP contribution in [0.1, 0.15) is 0 Å². The summed E-state index contributed by atoms with van der Waals surface area (Å²) in [5, 5.41) is 30.2. The van der Waals surface area contributed by atoms with Crippen molar-refractivity contribution in [3.8, 4) is 0 Å². The molecule has 0 bridgehead atoms. The van der Waals surface area contributed by atoms with Gasteiger partial charge in [-0.05, 0) is 0 Å². The number of diazo groups is 1. The van der Waals surface area contributed by atoms with E-state index in [-0.39, 0.29) is 16.3 Å². The zero-order chi connectivity index (χ0) is 11.3. The Morgan fingerprint density at radius 2 is 2.33 bits per heavy atom. The molecule has 0 radical (unpaired) electrons. The van der Waals surface area contributed by atoms with Gasteiger partial charge in [-0.25, -0.2) is 5.26 Å². The van der Waals surface area contributed by atoms with Gasteiger partial charge in [-0.15, -0.1) is 4.33 Å². The molecule has 78 valence electrons. The van der Waals surface area contributed by atoms with Crippen LogP contribution in [0.15, 0.2) is 23.1 Å². The molecule has 0 atom stereocenters. The minimum absolute atomic E-state index is 0.0580. The Hall–Kier alpha value is -1.73. The van der Waals surface area contributed by atoms with Gasteiger partial charge in [0.15, 0.2) is 4.98 Å². The molecule has 0 amide bonds. The van der Waals surface area contributed by atoms with Crippen molar-refractivity contribution in [2.24, 2.45) is 0 Å². The van der Waals surface area contributed by atoms with Crippen molar-refractivity contribution < 1.29 is 19.6 Å². The Balaban J connectivity index is 3.03. The number of nitro benzene ring substituents is 1. The molecule has 9 heteroatoms. The lowest BCUT2D eigenvalue weighted by Gasteiger charge is -1.94. The summed E-state index contributed by atoms with van der Waals surface area (Å²) in [5.74, 6) is 0. The molecule has 1 aromatic rings. The maximum absolute atomic E-state index is 10.4. The van der Waals surface area contributed by atoms with Gasteiger partial charge >= 0.3 is 5.69 Å². The van der Waals surface area contributed by atoms with E-state index in [1.54, 1.807) is 0 Å². The summed E-state index contributed by atoms with van der Waals surface area (Å²) in [7, 11) is 0. The molecule has 0 fully saturated rings. The van der Waals surface area contributed by atoms with Crippen LogP contribution in [0.5, 0.6) is 0 Å². The van der Waals surface area contributed by atoms with Gasteiger partial charge in [0, 0.05) is 18.2 Å². The van der Waals surface area contributed by atoms with Crippen LogP contribution in [0, 0.1) is 15.5 Å². The molecule has 0 aliphatic carbocycles. The van der Waals surface area contributed by atoms with Crippen molar-refractivity contribution in [1.82, 2.24) is 0 Å². The third kappa shape index (κ3) is 2.86. The van der Waals surface area contributed by atoms with Crippen molar-refractivity contribution in [3.63, 3.8) is 0 Å². The lowest BCUT2D eigenvalue weighted by Crippen LogP contribution is -1.88. The fraction of sp³-hybridized carbons (Fsp3) is 0. The number of hydrogen-bond acceptors (Lipinski definition) is 7. The number of nitrogens with zero attached hydrogens (tertiary/aromatic N) is 3. The van der Waals surface area contributed by atoms with Crippen LogP contribution in [0.2, 0.25) is 0 Å². The Labute approximate surface area is 87.3 Å². The van der Waals surface area contributed by atoms with Gasteiger partial charge in [0.1, 0.15) is 4.90 Å². The normalized spacial score (nSPS) is 9.60. The fourth-order valence-corrected chi connectivity index (χ4v) is 1.28. The van der Waals surface area contributed by atoms with Crippen molar-refractivity contribution in [2.45, 2.75) is 4.90 Å². The van der Waals surface area contributed by atoms with E-state index in [1.165, 1.54) is 12.1 Å². The first-order valence-electron chi connectivity index (χ1n) is 3.47. The summed E-state index contributed by atoms with van der Waals surface area (Å²) in [6.07, 6.45) is 0. The van der Waals surface area contributed by atoms with Crippen LogP contribution in [-0.4, -0.2) is 10.2 Å². The SMILES string of the molecule is N#[N+]c1ccc([N+](=O)[O-])cc1SOOO. The highest BCUT2D eigenvalue weighted by atomic mass is 32.2. The highest BCUT2D eigenvalue weighted by molar-refractivity contribution is 7.94. The molecule has 0 saturated heterocycles. The van der Waals surface area contributed by atoms with E-state index in [0.717, 1.165) is 6.07 Å². The molecule has 0 heterocycles. The standard InChI is InChI=1S/C6H3N3O5S/c7-8-5-2-1-4(9(10)11)3-6(5)15-14-13-12/h1-3H/p+1. The van der Waals surface area contributed by atoms with Gasteiger partial charge in [0.2, 0.25) is 5.39 Å². The largest absolute Gasteiger partial charge is 0.401 e. The smallest absolute Gasteiger partial charge is 0.258 e. The zero-order valence-corrected chi connectivity index (χ0v) is 7.88. The molecule has 1 N–H and O–H groups in total. The summed E-state index contributed by atoms with van der Waals surface area (Å²) in [6.45, 7) is 0. The van der Waals surface area contributed by atoms with E-state index in [2.05, 4.69) is 14.3 Å². The second-order valence-electron chi connectivity index (χ2n) is 2.24. The lowest BCUT2D eigenvalue weighted by atomic mass is 10.3. The van der Waals surface area contributed by atoms with E-state index in [1.807, 2.05) is 0 Å². The van der Waals surface area contributed by atoms with E-state index in [4.69, 9.17) is 10.7 Å². The Kier molecular flexibility index (Phi) is 3.95. The molecule has 8 nitrogen and oxygen atoms in total. The molecule has 0 aliphatic rings. The predicted molar refractivity (Wildman–Crippen MR) is 48.5 cm³/mol. The van der Waals surface area contributed by atoms with Gasteiger partial charge in [-0.1, -0.05) is 5.04 Å². The minimum Gasteiger partial charge on any atom is -0.258 e. The van der Waals surface area contributed by atoms with Crippen LogP contribution in [0.3, 0.4) is 0 Å². The number of nitro groups is 1. The average molecular weight is 230 g/mol. The number of hydrogen-bond donors (Lipinski definition) is 1.